The van der Waals surface area contributed by atoms with Crippen molar-refractivity contribution in [3.05, 3.63) is 44.8 Å². The van der Waals surface area contributed by atoms with Crippen LogP contribution in [0.4, 0.5) is 18.9 Å². The van der Waals surface area contributed by atoms with Gasteiger partial charge in [0, 0.05) is 5.69 Å². The average molecular weight is 379 g/mol. The number of aromatic amines is 1. The molecule has 6 nitrogen and oxygen atoms in total. The van der Waals surface area contributed by atoms with E-state index in [-0.39, 0.29) is 22.3 Å². The highest BCUT2D eigenvalue weighted by Gasteiger charge is 2.33. The van der Waals surface area contributed by atoms with Crippen molar-refractivity contribution in [1.82, 2.24) is 15.2 Å². The van der Waals surface area contributed by atoms with Crippen LogP contribution in [0.1, 0.15) is 11.3 Å². The number of H-pyrrole nitrogens is 1. The second kappa shape index (κ2) is 7.22. The molecule has 1 aromatic carbocycles. The van der Waals surface area contributed by atoms with Gasteiger partial charge >= 0.3 is 6.18 Å². The van der Waals surface area contributed by atoms with Crippen molar-refractivity contribution >= 4 is 35.0 Å². The summed E-state index contributed by atoms with van der Waals surface area (Å²) in [4.78, 5) is 25.6. The highest BCUT2D eigenvalue weighted by atomic mass is 35.5. The number of nitrogens with one attached hydrogen (secondary N) is 2. The summed E-state index contributed by atoms with van der Waals surface area (Å²) in [6.07, 6.45) is -4.62. The third-order valence-corrected chi connectivity index (χ3v) is 3.93. The Hall–Kier alpha value is -2.07. The molecule has 0 aliphatic carbocycles. The van der Waals surface area contributed by atoms with Gasteiger partial charge in [0.1, 0.15) is 5.69 Å². The zero-order valence-corrected chi connectivity index (χ0v) is 13.6. The topological polar surface area (TPSA) is 87.7 Å². The molecule has 0 unspecified atom stereocenters. The molecule has 0 aliphatic heterocycles. The van der Waals surface area contributed by atoms with E-state index in [1.165, 1.54) is 13.0 Å². The molecule has 0 radical (unpaired) electrons. The normalized spacial score (nSPS) is 11.4. The van der Waals surface area contributed by atoms with Crippen LogP contribution in [0, 0.1) is 6.92 Å². The fourth-order valence-corrected chi connectivity index (χ4v) is 2.42. The Balaban J connectivity index is 2.02. The Morgan fingerprint density at radius 1 is 1.38 bits per heavy atom. The second-order valence-electron chi connectivity index (χ2n) is 4.57. The molecule has 24 heavy (non-hydrogen) atoms. The van der Waals surface area contributed by atoms with E-state index in [1.807, 2.05) is 0 Å². The van der Waals surface area contributed by atoms with E-state index in [4.69, 9.17) is 11.6 Å². The van der Waals surface area contributed by atoms with Gasteiger partial charge in [0.25, 0.3) is 5.56 Å². The maximum absolute atomic E-state index is 12.8. The van der Waals surface area contributed by atoms with Gasteiger partial charge in [0.15, 0.2) is 5.16 Å². The molecule has 128 valence electrons. The van der Waals surface area contributed by atoms with Gasteiger partial charge in [-0.05, 0) is 25.1 Å². The van der Waals surface area contributed by atoms with Crippen molar-refractivity contribution in [2.45, 2.75) is 18.3 Å². The van der Waals surface area contributed by atoms with Gasteiger partial charge in [0.05, 0.1) is 16.3 Å². The summed E-state index contributed by atoms with van der Waals surface area (Å²) >= 11 is 6.39. The van der Waals surface area contributed by atoms with Crippen molar-refractivity contribution in [3.8, 4) is 0 Å². The molecule has 0 saturated heterocycles. The second-order valence-corrected chi connectivity index (χ2v) is 5.95. The van der Waals surface area contributed by atoms with E-state index in [0.29, 0.717) is 0 Å². The van der Waals surface area contributed by atoms with Gasteiger partial charge < -0.3 is 5.32 Å². The van der Waals surface area contributed by atoms with Crippen LogP contribution in [0.25, 0.3) is 0 Å². The zero-order chi connectivity index (χ0) is 17.9. The van der Waals surface area contributed by atoms with Crippen molar-refractivity contribution in [2.24, 2.45) is 0 Å². The van der Waals surface area contributed by atoms with E-state index in [1.54, 1.807) is 0 Å². The number of rotatable bonds is 4. The predicted molar refractivity (Wildman–Crippen MR) is 83.2 cm³/mol. The quantitative estimate of drug-likeness (QED) is 0.799. The molecular formula is C13H10ClF3N4O2S. The first-order valence-corrected chi connectivity index (χ1v) is 7.76. The Bertz CT molecular complexity index is 826. The maximum atomic E-state index is 12.8. The number of aryl methyl sites for hydroxylation is 1. The number of halogens is 4. The van der Waals surface area contributed by atoms with Gasteiger partial charge in [-0.2, -0.15) is 13.2 Å². The summed E-state index contributed by atoms with van der Waals surface area (Å²) in [7, 11) is 0. The largest absolute Gasteiger partial charge is 0.417 e. The molecule has 0 fully saturated rings. The van der Waals surface area contributed by atoms with Crippen LogP contribution in [0.15, 0.2) is 28.2 Å². The number of anilines is 1. The van der Waals surface area contributed by atoms with Gasteiger partial charge in [-0.3, -0.25) is 14.6 Å². The first kappa shape index (κ1) is 18.3. The lowest BCUT2D eigenvalue weighted by Crippen LogP contribution is -2.17. The number of carbonyl (C=O) groups excluding carboxylic acids is 1. The van der Waals surface area contributed by atoms with E-state index in [0.717, 1.165) is 23.9 Å². The van der Waals surface area contributed by atoms with E-state index >= 15 is 0 Å². The van der Waals surface area contributed by atoms with Gasteiger partial charge in [-0.25, -0.2) is 0 Å². The lowest BCUT2D eigenvalue weighted by Gasteiger charge is -2.11. The van der Waals surface area contributed by atoms with Crippen LogP contribution in [0.5, 0.6) is 0 Å². The van der Waals surface area contributed by atoms with Crippen LogP contribution >= 0.6 is 23.4 Å². The predicted octanol–water partition coefficient (Wildman–Crippen LogP) is 2.88. The van der Waals surface area contributed by atoms with Crippen molar-refractivity contribution in [2.75, 3.05) is 11.1 Å². The lowest BCUT2D eigenvalue weighted by atomic mass is 10.2. The minimum atomic E-state index is -4.62. The molecule has 0 spiro atoms. The molecule has 0 aliphatic rings. The molecule has 0 saturated carbocycles. The Kier molecular flexibility index (Phi) is 5.50. The fraction of sp³-hybridized carbons (Fsp3) is 0.231. The number of nitrogens with zero attached hydrogens (tertiary/aromatic N) is 2. The molecule has 1 amide bonds. The number of alkyl halides is 3. The number of thioether (sulfide) groups is 1. The number of carbonyl (C=O) groups is 1. The molecule has 2 rings (SSSR count). The maximum Gasteiger partial charge on any atom is 0.417 e. The van der Waals surface area contributed by atoms with Crippen LogP contribution in [-0.2, 0) is 11.0 Å². The van der Waals surface area contributed by atoms with Crippen molar-refractivity contribution < 1.29 is 18.0 Å². The molecule has 0 bridgehead atoms. The molecular weight excluding hydrogens is 369 g/mol. The van der Waals surface area contributed by atoms with Gasteiger partial charge in [-0.15, -0.1) is 10.2 Å². The summed E-state index contributed by atoms with van der Waals surface area (Å²) in [6.45, 7) is 1.48. The Morgan fingerprint density at radius 2 is 2.08 bits per heavy atom. The van der Waals surface area contributed by atoms with Crippen molar-refractivity contribution in [3.63, 3.8) is 0 Å². The van der Waals surface area contributed by atoms with E-state index in [9.17, 15) is 22.8 Å². The Labute approximate surface area is 142 Å². The SMILES string of the molecule is Cc1nnc(SCC(=O)Nc2ccc(Cl)c(C(F)(F)F)c2)[nH]c1=O. The number of hydrogen-bond acceptors (Lipinski definition) is 5. The van der Waals surface area contributed by atoms with E-state index in [2.05, 4.69) is 20.5 Å². The Morgan fingerprint density at radius 3 is 2.71 bits per heavy atom. The van der Waals surface area contributed by atoms with Crippen LogP contribution in [0.2, 0.25) is 5.02 Å². The smallest absolute Gasteiger partial charge is 0.325 e. The zero-order valence-electron chi connectivity index (χ0n) is 12.1. The summed E-state index contributed by atoms with van der Waals surface area (Å²) in [5.41, 5.74) is -1.32. The average Bonchev–Trinajstić information content (AvgIpc) is 2.49. The molecule has 0 atom stereocenters. The molecule has 2 aromatic rings. The van der Waals surface area contributed by atoms with Crippen LogP contribution in [0.3, 0.4) is 0 Å². The monoisotopic (exact) mass is 378 g/mol. The molecule has 2 N–H and O–H groups in total. The summed E-state index contributed by atoms with van der Waals surface area (Å²) in [6, 6.07) is 3.06. The van der Waals surface area contributed by atoms with Gasteiger partial charge in [-0.1, -0.05) is 23.4 Å². The highest BCUT2D eigenvalue weighted by Crippen LogP contribution is 2.36. The lowest BCUT2D eigenvalue weighted by molar-refractivity contribution is -0.137. The third-order valence-electron chi connectivity index (χ3n) is 2.74. The summed E-state index contributed by atoms with van der Waals surface area (Å²) < 4.78 is 38.3. The first-order valence-electron chi connectivity index (χ1n) is 6.40. The van der Waals surface area contributed by atoms with Crippen molar-refractivity contribution in [1.29, 1.82) is 0 Å². The summed E-state index contributed by atoms with van der Waals surface area (Å²) in [5, 5.41) is 9.29. The fourth-order valence-electron chi connectivity index (χ4n) is 1.59. The summed E-state index contributed by atoms with van der Waals surface area (Å²) in [5.74, 6) is -0.740. The number of amides is 1. The standard InChI is InChI=1S/C13H10ClF3N4O2S/c1-6-11(23)19-12(21-20-6)24-5-10(22)18-7-2-3-9(14)8(4-7)13(15,16)17/h2-4H,5H2,1H3,(H,18,22)(H,19,21,23). The van der Waals surface area contributed by atoms with Crippen LogP contribution < -0.4 is 10.9 Å². The minimum absolute atomic E-state index is 0.0409. The highest BCUT2D eigenvalue weighted by molar-refractivity contribution is 7.99. The first-order chi connectivity index (χ1) is 11.2. The number of aromatic nitrogens is 3. The molecule has 11 heteroatoms. The van der Waals surface area contributed by atoms with E-state index < -0.39 is 28.2 Å². The number of hydrogen-bond donors (Lipinski definition) is 2. The van der Waals surface area contributed by atoms with Crippen LogP contribution in [-0.4, -0.2) is 26.8 Å². The minimum Gasteiger partial charge on any atom is -0.325 e. The van der Waals surface area contributed by atoms with Gasteiger partial charge in [0.2, 0.25) is 5.91 Å². The number of benzene rings is 1. The third kappa shape index (κ3) is 4.71. The molecule has 1 heterocycles. The molecule has 1 aromatic heterocycles.